The molecule has 0 saturated carbocycles. The number of ether oxygens (including phenoxy) is 2. The van der Waals surface area contributed by atoms with E-state index in [0.717, 1.165) is 5.52 Å². The molecule has 0 bridgehead atoms. The van der Waals surface area contributed by atoms with Gasteiger partial charge in [-0.1, -0.05) is 6.07 Å². The molecule has 1 amide bonds. The summed E-state index contributed by atoms with van der Waals surface area (Å²) >= 11 is 0. The Kier molecular flexibility index (Phi) is 3.11. The Morgan fingerprint density at radius 3 is 2.83 bits per heavy atom. The highest BCUT2D eigenvalue weighted by Crippen LogP contribution is 2.31. The van der Waals surface area contributed by atoms with Gasteiger partial charge < -0.3 is 14.8 Å². The number of carbonyl (C=O) groups is 1. The molecule has 1 aliphatic heterocycles. The minimum Gasteiger partial charge on any atom is -0.486 e. The minimum absolute atomic E-state index is 0.236. The summed E-state index contributed by atoms with van der Waals surface area (Å²) in [5, 5.41) is 11.4. The fourth-order valence-corrected chi connectivity index (χ4v) is 2.52. The molecule has 1 aromatic heterocycles. The molecular weight excluding hydrogens is 296 g/mol. The summed E-state index contributed by atoms with van der Waals surface area (Å²) in [6.07, 6.45) is 0. The average Bonchev–Trinajstić information content (AvgIpc) is 2.95. The zero-order valence-electron chi connectivity index (χ0n) is 12.4. The summed E-state index contributed by atoms with van der Waals surface area (Å²) < 4.78 is 11.0. The van der Waals surface area contributed by atoms with Gasteiger partial charge in [0.05, 0.1) is 5.69 Å². The molecule has 7 nitrogen and oxygen atoms in total. The molecule has 0 saturated heterocycles. The molecule has 7 heteroatoms. The Morgan fingerprint density at radius 1 is 1.13 bits per heavy atom. The molecule has 23 heavy (non-hydrogen) atoms. The highest BCUT2D eigenvalue weighted by molar-refractivity contribution is 6.08. The molecule has 116 valence electrons. The van der Waals surface area contributed by atoms with Crippen LogP contribution in [0, 0.1) is 0 Å². The lowest BCUT2D eigenvalue weighted by Crippen LogP contribution is -2.17. The van der Waals surface area contributed by atoms with E-state index in [9.17, 15) is 4.79 Å². The maximum atomic E-state index is 12.5. The van der Waals surface area contributed by atoms with Crippen molar-refractivity contribution in [3.8, 4) is 11.5 Å². The van der Waals surface area contributed by atoms with E-state index in [-0.39, 0.29) is 5.91 Å². The van der Waals surface area contributed by atoms with Crippen molar-refractivity contribution in [3.05, 3.63) is 42.0 Å². The SMILES string of the molecule is Cn1nc2cccc(NC(=O)c3ccc4c(c3)OCCO4)c2n1. The van der Waals surface area contributed by atoms with Crippen LogP contribution in [0.2, 0.25) is 0 Å². The number of hydrogen-bond acceptors (Lipinski definition) is 5. The van der Waals surface area contributed by atoms with Gasteiger partial charge >= 0.3 is 0 Å². The fourth-order valence-electron chi connectivity index (χ4n) is 2.52. The van der Waals surface area contributed by atoms with Crippen LogP contribution >= 0.6 is 0 Å². The third kappa shape index (κ3) is 2.46. The van der Waals surface area contributed by atoms with Crippen molar-refractivity contribution in [2.24, 2.45) is 7.05 Å². The van der Waals surface area contributed by atoms with Crippen LogP contribution in [0.15, 0.2) is 36.4 Å². The van der Waals surface area contributed by atoms with Crippen molar-refractivity contribution in [2.75, 3.05) is 18.5 Å². The topological polar surface area (TPSA) is 78.3 Å². The number of hydrogen-bond donors (Lipinski definition) is 1. The van der Waals surface area contributed by atoms with Gasteiger partial charge in [-0.05, 0) is 30.3 Å². The first-order valence-corrected chi connectivity index (χ1v) is 7.22. The van der Waals surface area contributed by atoms with Crippen LogP contribution in [-0.4, -0.2) is 34.1 Å². The van der Waals surface area contributed by atoms with Crippen LogP contribution < -0.4 is 14.8 Å². The molecule has 0 atom stereocenters. The summed E-state index contributed by atoms with van der Waals surface area (Å²) in [6, 6.07) is 10.6. The maximum absolute atomic E-state index is 12.5. The number of anilines is 1. The molecule has 2 heterocycles. The van der Waals surface area contributed by atoms with Gasteiger partial charge in [-0.2, -0.15) is 15.0 Å². The van der Waals surface area contributed by atoms with Crippen molar-refractivity contribution in [3.63, 3.8) is 0 Å². The van der Waals surface area contributed by atoms with E-state index in [1.54, 1.807) is 31.3 Å². The Bertz CT molecular complexity index is 903. The predicted octanol–water partition coefficient (Wildman–Crippen LogP) is 1.99. The Morgan fingerprint density at radius 2 is 1.96 bits per heavy atom. The standard InChI is InChI=1S/C16H14N4O3/c1-20-18-12-4-2-3-11(15(12)19-20)17-16(21)10-5-6-13-14(9-10)23-8-7-22-13/h2-6,9H,7-8H2,1H3,(H,17,21). The van der Waals surface area contributed by atoms with Crippen molar-refractivity contribution in [2.45, 2.75) is 0 Å². The summed E-state index contributed by atoms with van der Waals surface area (Å²) in [5.41, 5.74) is 2.50. The first-order chi connectivity index (χ1) is 11.2. The second kappa shape index (κ2) is 5.28. The zero-order chi connectivity index (χ0) is 15.8. The number of amides is 1. The van der Waals surface area contributed by atoms with Crippen LogP contribution in [0.1, 0.15) is 10.4 Å². The lowest BCUT2D eigenvalue weighted by atomic mass is 10.1. The number of fused-ring (bicyclic) bond motifs is 2. The van der Waals surface area contributed by atoms with E-state index in [1.807, 2.05) is 12.1 Å². The van der Waals surface area contributed by atoms with Crippen LogP contribution in [0.25, 0.3) is 11.0 Å². The van der Waals surface area contributed by atoms with Gasteiger partial charge in [-0.3, -0.25) is 4.79 Å². The molecule has 1 aliphatic rings. The molecule has 0 unspecified atom stereocenters. The van der Waals surface area contributed by atoms with Crippen molar-refractivity contribution in [1.82, 2.24) is 15.0 Å². The van der Waals surface area contributed by atoms with Gasteiger partial charge in [0.2, 0.25) is 0 Å². The molecule has 0 fully saturated rings. The van der Waals surface area contributed by atoms with E-state index >= 15 is 0 Å². The molecule has 4 rings (SSSR count). The number of aromatic nitrogens is 3. The summed E-state index contributed by atoms with van der Waals surface area (Å²) in [4.78, 5) is 14.0. The first kappa shape index (κ1) is 13.6. The van der Waals surface area contributed by atoms with E-state index in [0.29, 0.717) is 41.5 Å². The summed E-state index contributed by atoms with van der Waals surface area (Å²) in [5.74, 6) is 1.01. The second-order valence-corrected chi connectivity index (χ2v) is 5.18. The van der Waals surface area contributed by atoms with Gasteiger partial charge in [0.1, 0.15) is 24.2 Å². The molecule has 0 radical (unpaired) electrons. The van der Waals surface area contributed by atoms with E-state index < -0.39 is 0 Å². The van der Waals surface area contributed by atoms with Crippen LogP contribution in [-0.2, 0) is 7.05 Å². The van der Waals surface area contributed by atoms with Gasteiger partial charge in [-0.15, -0.1) is 0 Å². The Labute approximate surface area is 131 Å². The molecule has 3 aromatic rings. The number of benzene rings is 2. The zero-order valence-corrected chi connectivity index (χ0v) is 12.4. The fraction of sp³-hybridized carbons (Fsp3) is 0.188. The summed E-state index contributed by atoms with van der Waals surface area (Å²) in [6.45, 7) is 1.00. The minimum atomic E-state index is -0.236. The first-order valence-electron chi connectivity index (χ1n) is 7.22. The number of aryl methyl sites for hydroxylation is 1. The average molecular weight is 310 g/mol. The maximum Gasteiger partial charge on any atom is 0.255 e. The van der Waals surface area contributed by atoms with Crippen molar-refractivity contribution in [1.29, 1.82) is 0 Å². The Balaban J connectivity index is 1.64. The monoisotopic (exact) mass is 310 g/mol. The molecule has 0 spiro atoms. The third-order valence-electron chi connectivity index (χ3n) is 3.56. The van der Waals surface area contributed by atoms with Crippen molar-refractivity contribution < 1.29 is 14.3 Å². The normalized spacial score (nSPS) is 13.1. The highest BCUT2D eigenvalue weighted by Gasteiger charge is 2.16. The largest absolute Gasteiger partial charge is 0.486 e. The number of rotatable bonds is 2. The van der Waals surface area contributed by atoms with Gasteiger partial charge in [0.25, 0.3) is 5.91 Å². The smallest absolute Gasteiger partial charge is 0.255 e. The van der Waals surface area contributed by atoms with Crippen LogP contribution in [0.4, 0.5) is 5.69 Å². The lowest BCUT2D eigenvalue weighted by Gasteiger charge is -2.18. The second-order valence-electron chi connectivity index (χ2n) is 5.18. The van der Waals surface area contributed by atoms with E-state index in [4.69, 9.17) is 9.47 Å². The number of carbonyl (C=O) groups excluding carboxylic acids is 1. The van der Waals surface area contributed by atoms with Crippen LogP contribution in [0.3, 0.4) is 0 Å². The Hall–Kier alpha value is -3.09. The van der Waals surface area contributed by atoms with Crippen LogP contribution in [0.5, 0.6) is 11.5 Å². The summed E-state index contributed by atoms with van der Waals surface area (Å²) in [7, 11) is 1.74. The highest BCUT2D eigenvalue weighted by atomic mass is 16.6. The van der Waals surface area contributed by atoms with Gasteiger partial charge in [0.15, 0.2) is 11.5 Å². The lowest BCUT2D eigenvalue weighted by molar-refractivity contribution is 0.102. The van der Waals surface area contributed by atoms with Gasteiger partial charge in [0, 0.05) is 12.6 Å². The molecular formula is C16H14N4O3. The number of nitrogens with one attached hydrogen (secondary N) is 1. The third-order valence-corrected chi connectivity index (χ3v) is 3.56. The van der Waals surface area contributed by atoms with E-state index in [2.05, 4.69) is 15.5 Å². The quantitative estimate of drug-likeness (QED) is 0.783. The molecule has 2 aromatic carbocycles. The van der Waals surface area contributed by atoms with E-state index in [1.165, 1.54) is 4.80 Å². The molecule has 0 aliphatic carbocycles. The molecule has 1 N–H and O–H groups in total. The van der Waals surface area contributed by atoms with Gasteiger partial charge in [-0.25, -0.2) is 0 Å². The number of nitrogens with zero attached hydrogens (tertiary/aromatic N) is 3. The predicted molar refractivity (Wildman–Crippen MR) is 83.9 cm³/mol. The van der Waals surface area contributed by atoms with Crippen molar-refractivity contribution >= 4 is 22.6 Å².